The lowest BCUT2D eigenvalue weighted by Gasteiger charge is -2.12. The number of halogens is 3. The molecule has 0 spiro atoms. The maximum absolute atomic E-state index is 12.9. The first-order valence-electron chi connectivity index (χ1n) is 4.72. The first-order valence-corrected chi connectivity index (χ1v) is 5.80. The Morgan fingerprint density at radius 2 is 2.29 bits per heavy atom. The van der Waals surface area contributed by atoms with Crippen LogP contribution in [0.15, 0.2) is 6.20 Å². The summed E-state index contributed by atoms with van der Waals surface area (Å²) in [6, 6.07) is 0. The molecular weight excluding hydrogens is 345 g/mol. The lowest BCUT2D eigenvalue weighted by Crippen LogP contribution is -2.12. The average Bonchev–Trinajstić information content (AvgIpc) is 2.28. The largest absolute Gasteiger partial charge is 0.469 e. The second-order valence-electron chi connectivity index (χ2n) is 3.22. The molecule has 94 valence electrons. The molecule has 0 aromatic carbocycles. The van der Waals surface area contributed by atoms with Crippen molar-refractivity contribution < 1.29 is 18.3 Å². The zero-order chi connectivity index (χ0) is 13.0. The van der Waals surface area contributed by atoms with E-state index in [0.29, 0.717) is 9.26 Å². The van der Waals surface area contributed by atoms with Gasteiger partial charge in [0.1, 0.15) is 0 Å². The van der Waals surface area contributed by atoms with E-state index in [2.05, 4.69) is 9.72 Å². The highest BCUT2D eigenvalue weighted by Gasteiger charge is 2.21. The first kappa shape index (κ1) is 14.2. The number of aromatic nitrogens is 1. The van der Waals surface area contributed by atoms with Gasteiger partial charge >= 0.3 is 5.97 Å². The molecule has 1 aromatic rings. The molecular formula is C10H11F2IN2O2. The molecule has 2 N–H and O–H groups in total. The third kappa shape index (κ3) is 3.32. The minimum absolute atomic E-state index is 0.0799. The normalized spacial score (nSPS) is 10.7. The second kappa shape index (κ2) is 6.20. The number of esters is 1. The van der Waals surface area contributed by atoms with E-state index in [1.807, 2.05) is 0 Å². The molecule has 0 aliphatic rings. The quantitative estimate of drug-likeness (QED) is 0.660. The Bertz CT molecular complexity index is 427. The smallest absolute Gasteiger partial charge is 0.310 e. The van der Waals surface area contributed by atoms with Crippen molar-refractivity contribution in [1.29, 1.82) is 0 Å². The highest BCUT2D eigenvalue weighted by molar-refractivity contribution is 14.1. The molecule has 1 aromatic heterocycles. The van der Waals surface area contributed by atoms with Crippen LogP contribution >= 0.6 is 22.6 Å². The van der Waals surface area contributed by atoms with Gasteiger partial charge in [-0.3, -0.25) is 9.78 Å². The van der Waals surface area contributed by atoms with Crippen molar-refractivity contribution in [2.45, 2.75) is 19.4 Å². The van der Waals surface area contributed by atoms with E-state index in [9.17, 15) is 13.6 Å². The summed E-state index contributed by atoms with van der Waals surface area (Å²) in [4.78, 5) is 15.1. The molecule has 0 saturated carbocycles. The van der Waals surface area contributed by atoms with E-state index < -0.39 is 12.4 Å². The zero-order valence-corrected chi connectivity index (χ0v) is 11.2. The van der Waals surface area contributed by atoms with E-state index in [0.717, 1.165) is 0 Å². The van der Waals surface area contributed by atoms with Gasteiger partial charge in [0.15, 0.2) is 0 Å². The molecule has 7 heteroatoms. The Morgan fingerprint density at radius 3 is 2.76 bits per heavy atom. The number of nitrogens with zero attached hydrogens (tertiary/aromatic N) is 1. The first-order chi connectivity index (χ1) is 8.01. The van der Waals surface area contributed by atoms with Crippen LogP contribution in [0.3, 0.4) is 0 Å². The molecule has 17 heavy (non-hydrogen) atoms. The van der Waals surface area contributed by atoms with Crippen LogP contribution in [0.4, 0.5) is 8.78 Å². The Balaban J connectivity index is 3.21. The summed E-state index contributed by atoms with van der Waals surface area (Å²) in [6.45, 7) is 0.0799. The maximum Gasteiger partial charge on any atom is 0.310 e. The summed E-state index contributed by atoms with van der Waals surface area (Å²) >= 11 is 1.77. The Morgan fingerprint density at radius 1 is 1.65 bits per heavy atom. The summed E-state index contributed by atoms with van der Waals surface area (Å²) in [7, 11) is 1.21. The molecule has 0 saturated heterocycles. The number of hydrogen-bond acceptors (Lipinski definition) is 4. The SMILES string of the molecule is COC(=O)Cc1cnc(CN)c(I)c1C(F)F. The van der Waals surface area contributed by atoms with Crippen LogP contribution in [-0.4, -0.2) is 18.1 Å². The van der Waals surface area contributed by atoms with Crippen molar-refractivity contribution in [2.24, 2.45) is 5.73 Å². The molecule has 0 aliphatic heterocycles. The zero-order valence-electron chi connectivity index (χ0n) is 9.04. The van der Waals surface area contributed by atoms with Gasteiger partial charge in [-0.25, -0.2) is 8.78 Å². The third-order valence-electron chi connectivity index (χ3n) is 2.19. The molecule has 0 radical (unpaired) electrons. The number of nitrogens with two attached hydrogens (primary N) is 1. The van der Waals surface area contributed by atoms with Gasteiger partial charge in [0.05, 0.1) is 19.2 Å². The van der Waals surface area contributed by atoms with Gasteiger partial charge in [-0.2, -0.15) is 0 Å². The highest BCUT2D eigenvalue weighted by atomic mass is 127. The number of methoxy groups -OCH3 is 1. The van der Waals surface area contributed by atoms with Gasteiger partial charge < -0.3 is 10.5 Å². The average molecular weight is 356 g/mol. The molecule has 0 atom stereocenters. The summed E-state index contributed by atoms with van der Waals surface area (Å²) in [5.41, 5.74) is 5.78. The lowest BCUT2D eigenvalue weighted by molar-refractivity contribution is -0.139. The molecule has 0 fully saturated rings. The Kier molecular flexibility index (Phi) is 5.19. The number of hydrogen-bond donors (Lipinski definition) is 1. The van der Waals surface area contributed by atoms with Crippen molar-refractivity contribution in [2.75, 3.05) is 7.11 Å². The monoisotopic (exact) mass is 356 g/mol. The summed E-state index contributed by atoms with van der Waals surface area (Å²) < 4.78 is 30.6. The van der Waals surface area contributed by atoms with Crippen molar-refractivity contribution in [1.82, 2.24) is 4.98 Å². The van der Waals surface area contributed by atoms with E-state index in [4.69, 9.17) is 5.73 Å². The van der Waals surface area contributed by atoms with Gasteiger partial charge in [-0.05, 0) is 28.2 Å². The van der Waals surface area contributed by atoms with Crippen LogP contribution < -0.4 is 5.73 Å². The van der Waals surface area contributed by atoms with Crippen molar-refractivity contribution in [3.05, 3.63) is 26.6 Å². The number of carbonyl (C=O) groups is 1. The van der Waals surface area contributed by atoms with E-state index in [-0.39, 0.29) is 24.1 Å². The molecule has 4 nitrogen and oxygen atoms in total. The maximum atomic E-state index is 12.9. The fraction of sp³-hybridized carbons (Fsp3) is 0.400. The number of alkyl halides is 2. The predicted octanol–water partition coefficient (Wildman–Crippen LogP) is 1.80. The summed E-state index contributed by atoms with van der Waals surface area (Å²) in [5, 5.41) is 0. The number of carbonyl (C=O) groups excluding carboxylic acids is 1. The number of rotatable bonds is 4. The van der Waals surface area contributed by atoms with Crippen LogP contribution in [-0.2, 0) is 22.5 Å². The van der Waals surface area contributed by atoms with Crippen LogP contribution in [0.25, 0.3) is 0 Å². The van der Waals surface area contributed by atoms with Crippen molar-refractivity contribution >= 4 is 28.6 Å². The van der Waals surface area contributed by atoms with Gasteiger partial charge in [0, 0.05) is 21.9 Å². The fourth-order valence-corrected chi connectivity index (χ4v) is 2.27. The topological polar surface area (TPSA) is 65.2 Å². The highest BCUT2D eigenvalue weighted by Crippen LogP contribution is 2.29. The van der Waals surface area contributed by atoms with E-state index in [1.165, 1.54) is 13.3 Å². The minimum atomic E-state index is -2.67. The Hall–Kier alpha value is -0.830. The van der Waals surface area contributed by atoms with Crippen LogP contribution in [0, 0.1) is 3.57 Å². The van der Waals surface area contributed by atoms with Crippen molar-refractivity contribution in [3.8, 4) is 0 Å². The number of ether oxygens (including phenoxy) is 1. The minimum Gasteiger partial charge on any atom is -0.469 e. The Labute approximate surface area is 111 Å². The molecule has 0 aliphatic carbocycles. The van der Waals surface area contributed by atoms with Crippen LogP contribution in [0.2, 0.25) is 0 Å². The molecule has 0 amide bonds. The van der Waals surface area contributed by atoms with E-state index in [1.54, 1.807) is 22.6 Å². The molecule has 0 bridgehead atoms. The number of pyridine rings is 1. The predicted molar refractivity (Wildman–Crippen MR) is 65.5 cm³/mol. The van der Waals surface area contributed by atoms with Crippen molar-refractivity contribution in [3.63, 3.8) is 0 Å². The molecule has 0 unspecified atom stereocenters. The van der Waals surface area contributed by atoms with E-state index >= 15 is 0 Å². The lowest BCUT2D eigenvalue weighted by atomic mass is 10.1. The van der Waals surface area contributed by atoms with Gasteiger partial charge in [0.25, 0.3) is 6.43 Å². The van der Waals surface area contributed by atoms with Crippen LogP contribution in [0.5, 0.6) is 0 Å². The summed E-state index contributed by atoms with van der Waals surface area (Å²) in [6.07, 6.45) is -1.64. The standard InChI is InChI=1S/C10H11F2IN2O2/c1-17-7(16)2-5-4-15-6(3-14)9(13)8(5)10(11)12/h4,10H,2-3,14H2,1H3. The third-order valence-corrected chi connectivity index (χ3v) is 3.39. The van der Waals surface area contributed by atoms with Gasteiger partial charge in [0.2, 0.25) is 0 Å². The molecule has 1 rings (SSSR count). The van der Waals surface area contributed by atoms with Gasteiger partial charge in [-0.15, -0.1) is 0 Å². The molecule has 1 heterocycles. The fourth-order valence-electron chi connectivity index (χ4n) is 1.33. The van der Waals surface area contributed by atoms with Gasteiger partial charge in [-0.1, -0.05) is 0 Å². The summed E-state index contributed by atoms with van der Waals surface area (Å²) in [5.74, 6) is -0.579. The van der Waals surface area contributed by atoms with Crippen LogP contribution in [0.1, 0.15) is 23.2 Å². The second-order valence-corrected chi connectivity index (χ2v) is 4.29.